The van der Waals surface area contributed by atoms with E-state index in [2.05, 4.69) is 15.1 Å². The van der Waals surface area contributed by atoms with Crippen LogP contribution >= 0.6 is 0 Å². The zero-order chi connectivity index (χ0) is 15.5. The molecular weight excluding hydrogens is 286 g/mol. The van der Waals surface area contributed by atoms with Crippen molar-refractivity contribution in [3.05, 3.63) is 42.2 Å². The van der Waals surface area contributed by atoms with E-state index in [4.69, 9.17) is 5.11 Å². The third-order valence-electron chi connectivity index (χ3n) is 3.73. The summed E-state index contributed by atoms with van der Waals surface area (Å²) in [7, 11) is 0. The third kappa shape index (κ3) is 2.80. The van der Waals surface area contributed by atoms with Gasteiger partial charge < -0.3 is 10.0 Å². The van der Waals surface area contributed by atoms with Crippen LogP contribution in [0, 0.1) is 0 Å². The molecule has 2 aromatic rings. The molecule has 1 aliphatic rings. The number of likely N-dealkylation sites (tertiary alicyclic amines) is 1. The molecule has 1 fully saturated rings. The van der Waals surface area contributed by atoms with Crippen molar-refractivity contribution >= 4 is 11.9 Å². The molecule has 3 rings (SSSR count). The Kier molecular flexibility index (Phi) is 3.82. The van der Waals surface area contributed by atoms with Crippen LogP contribution in [0.2, 0.25) is 0 Å². The average molecular weight is 301 g/mol. The van der Waals surface area contributed by atoms with Crippen molar-refractivity contribution in [2.75, 3.05) is 6.54 Å². The van der Waals surface area contributed by atoms with Crippen molar-refractivity contribution in [1.82, 2.24) is 24.6 Å². The summed E-state index contributed by atoms with van der Waals surface area (Å²) in [6, 6.07) is 2.91. The van der Waals surface area contributed by atoms with Crippen LogP contribution in [-0.2, 0) is 6.54 Å². The average Bonchev–Trinajstić information content (AvgIpc) is 3.19. The molecule has 1 unspecified atom stereocenters. The standard InChI is InChI=1S/C14H15N5O3/c20-13(10-3-4-12(14(21)22)16-6-10)19-5-1-2-11(19)7-18-9-15-8-17-18/h3-4,6,8-9,11H,1-2,5,7H2,(H,21,22). The molecule has 8 heteroatoms. The topological polar surface area (TPSA) is 101 Å². The second-order valence-electron chi connectivity index (χ2n) is 5.15. The number of carbonyl (C=O) groups is 2. The summed E-state index contributed by atoms with van der Waals surface area (Å²) in [5.41, 5.74) is 0.327. The van der Waals surface area contributed by atoms with Gasteiger partial charge in [0.25, 0.3) is 5.91 Å². The van der Waals surface area contributed by atoms with Crippen LogP contribution in [0.5, 0.6) is 0 Å². The Morgan fingerprint density at radius 1 is 1.36 bits per heavy atom. The van der Waals surface area contributed by atoms with Gasteiger partial charge in [-0.25, -0.2) is 14.8 Å². The molecule has 8 nitrogen and oxygen atoms in total. The zero-order valence-electron chi connectivity index (χ0n) is 11.8. The molecule has 1 amide bonds. The molecule has 0 bridgehead atoms. The number of nitrogens with zero attached hydrogens (tertiary/aromatic N) is 5. The number of carboxylic acid groups (broad SMARTS) is 1. The molecule has 1 atom stereocenters. The van der Waals surface area contributed by atoms with Gasteiger partial charge in [0.1, 0.15) is 18.3 Å². The largest absolute Gasteiger partial charge is 0.477 e. The molecule has 0 aromatic carbocycles. The van der Waals surface area contributed by atoms with Crippen LogP contribution < -0.4 is 0 Å². The first-order valence-electron chi connectivity index (χ1n) is 6.98. The number of amides is 1. The molecule has 1 saturated heterocycles. The molecule has 1 aliphatic heterocycles. The van der Waals surface area contributed by atoms with Crippen LogP contribution in [-0.4, -0.2) is 54.2 Å². The van der Waals surface area contributed by atoms with Gasteiger partial charge in [0.15, 0.2) is 0 Å². The summed E-state index contributed by atoms with van der Waals surface area (Å²) in [4.78, 5) is 32.8. The van der Waals surface area contributed by atoms with E-state index in [1.165, 1.54) is 24.7 Å². The molecule has 114 valence electrons. The van der Waals surface area contributed by atoms with Gasteiger partial charge in [-0.05, 0) is 25.0 Å². The van der Waals surface area contributed by atoms with Crippen molar-refractivity contribution in [2.24, 2.45) is 0 Å². The Morgan fingerprint density at radius 2 is 2.23 bits per heavy atom. The number of hydrogen-bond donors (Lipinski definition) is 1. The molecule has 0 radical (unpaired) electrons. The Morgan fingerprint density at radius 3 is 2.86 bits per heavy atom. The number of carbonyl (C=O) groups excluding carboxylic acids is 1. The van der Waals surface area contributed by atoms with Gasteiger partial charge in [-0.15, -0.1) is 0 Å². The third-order valence-corrected chi connectivity index (χ3v) is 3.73. The highest BCUT2D eigenvalue weighted by Crippen LogP contribution is 2.21. The first-order chi connectivity index (χ1) is 10.6. The molecular formula is C14H15N5O3. The number of pyridine rings is 1. The monoisotopic (exact) mass is 301 g/mol. The second kappa shape index (κ2) is 5.92. The Hall–Kier alpha value is -2.77. The number of aromatic nitrogens is 4. The van der Waals surface area contributed by atoms with E-state index in [0.717, 1.165) is 12.8 Å². The SMILES string of the molecule is O=C(O)c1ccc(C(=O)N2CCCC2Cn2cncn2)cn1. The number of rotatable bonds is 4. The Bertz CT molecular complexity index is 668. The normalized spacial score (nSPS) is 17.6. The van der Waals surface area contributed by atoms with Crippen LogP contribution in [0.1, 0.15) is 33.7 Å². The summed E-state index contributed by atoms with van der Waals surface area (Å²) in [6.45, 7) is 1.28. The smallest absolute Gasteiger partial charge is 0.354 e. The fourth-order valence-electron chi connectivity index (χ4n) is 2.65. The maximum absolute atomic E-state index is 12.6. The van der Waals surface area contributed by atoms with Gasteiger partial charge in [-0.2, -0.15) is 5.10 Å². The van der Waals surface area contributed by atoms with Gasteiger partial charge in [-0.1, -0.05) is 0 Å². The molecule has 1 N–H and O–H groups in total. The van der Waals surface area contributed by atoms with Gasteiger partial charge in [0, 0.05) is 12.7 Å². The van der Waals surface area contributed by atoms with Crippen LogP contribution in [0.3, 0.4) is 0 Å². The Balaban J connectivity index is 1.74. The number of carboxylic acids is 1. The maximum Gasteiger partial charge on any atom is 0.354 e. The van der Waals surface area contributed by atoms with Crippen molar-refractivity contribution in [1.29, 1.82) is 0 Å². The van der Waals surface area contributed by atoms with E-state index in [0.29, 0.717) is 18.7 Å². The molecule has 0 spiro atoms. The molecule has 3 heterocycles. The van der Waals surface area contributed by atoms with Crippen molar-refractivity contribution < 1.29 is 14.7 Å². The highest BCUT2D eigenvalue weighted by Gasteiger charge is 2.30. The van der Waals surface area contributed by atoms with E-state index in [1.54, 1.807) is 15.9 Å². The van der Waals surface area contributed by atoms with E-state index in [1.807, 2.05) is 0 Å². The predicted molar refractivity (Wildman–Crippen MR) is 75.3 cm³/mol. The van der Waals surface area contributed by atoms with Gasteiger partial charge in [-0.3, -0.25) is 9.48 Å². The van der Waals surface area contributed by atoms with Crippen molar-refractivity contribution in [3.63, 3.8) is 0 Å². The van der Waals surface area contributed by atoms with Crippen molar-refractivity contribution in [3.8, 4) is 0 Å². The number of hydrogen-bond acceptors (Lipinski definition) is 5. The van der Waals surface area contributed by atoms with Crippen LogP contribution in [0.15, 0.2) is 31.0 Å². The van der Waals surface area contributed by atoms with Crippen molar-refractivity contribution in [2.45, 2.75) is 25.4 Å². The minimum atomic E-state index is -1.11. The quantitative estimate of drug-likeness (QED) is 0.891. The lowest BCUT2D eigenvalue weighted by molar-refractivity contribution is 0.0684. The minimum Gasteiger partial charge on any atom is -0.477 e. The molecule has 22 heavy (non-hydrogen) atoms. The first kappa shape index (κ1) is 14.2. The van der Waals surface area contributed by atoms with Gasteiger partial charge >= 0.3 is 5.97 Å². The van der Waals surface area contributed by atoms with E-state index < -0.39 is 5.97 Å². The molecule has 2 aromatic heterocycles. The lowest BCUT2D eigenvalue weighted by atomic mass is 10.2. The van der Waals surface area contributed by atoms with E-state index in [-0.39, 0.29) is 17.6 Å². The maximum atomic E-state index is 12.6. The van der Waals surface area contributed by atoms with Crippen LogP contribution in [0.4, 0.5) is 0 Å². The lowest BCUT2D eigenvalue weighted by Crippen LogP contribution is -2.38. The number of aromatic carboxylic acids is 1. The molecule has 0 aliphatic carbocycles. The summed E-state index contributed by atoms with van der Waals surface area (Å²) < 4.78 is 1.71. The minimum absolute atomic E-state index is 0.0633. The highest BCUT2D eigenvalue weighted by molar-refractivity contribution is 5.95. The molecule has 0 saturated carbocycles. The fraction of sp³-hybridized carbons (Fsp3) is 0.357. The summed E-state index contributed by atoms with van der Waals surface area (Å²) in [5, 5.41) is 12.9. The summed E-state index contributed by atoms with van der Waals surface area (Å²) in [5.74, 6) is -1.24. The van der Waals surface area contributed by atoms with E-state index >= 15 is 0 Å². The Labute approximate surface area is 126 Å². The fourth-order valence-corrected chi connectivity index (χ4v) is 2.65. The van der Waals surface area contributed by atoms with Gasteiger partial charge in [0.2, 0.25) is 0 Å². The zero-order valence-corrected chi connectivity index (χ0v) is 11.8. The first-order valence-corrected chi connectivity index (χ1v) is 6.98. The van der Waals surface area contributed by atoms with Gasteiger partial charge in [0.05, 0.1) is 18.2 Å². The van der Waals surface area contributed by atoms with E-state index in [9.17, 15) is 9.59 Å². The summed E-state index contributed by atoms with van der Waals surface area (Å²) in [6.07, 6.45) is 6.26. The second-order valence-corrected chi connectivity index (χ2v) is 5.15. The lowest BCUT2D eigenvalue weighted by Gasteiger charge is -2.24. The predicted octanol–water partition coefficient (Wildman–Crippen LogP) is 0.676. The highest BCUT2D eigenvalue weighted by atomic mass is 16.4. The van der Waals surface area contributed by atoms with Crippen LogP contribution in [0.25, 0.3) is 0 Å². The summed E-state index contributed by atoms with van der Waals surface area (Å²) >= 11 is 0.